The number of carbonyl (C=O) groups excluding carboxylic acids is 1. The van der Waals surface area contributed by atoms with Gasteiger partial charge in [-0.05, 0) is 25.2 Å². The molecule has 0 aliphatic heterocycles. The van der Waals surface area contributed by atoms with E-state index >= 15 is 0 Å². The summed E-state index contributed by atoms with van der Waals surface area (Å²) in [6.07, 6.45) is 4.72. The zero-order valence-electron chi connectivity index (χ0n) is 11.4. The van der Waals surface area contributed by atoms with E-state index in [1.54, 1.807) is 11.3 Å². The lowest BCUT2D eigenvalue weighted by Crippen LogP contribution is -2.43. The summed E-state index contributed by atoms with van der Waals surface area (Å²) in [6.45, 7) is 2.44. The van der Waals surface area contributed by atoms with E-state index in [0.717, 1.165) is 24.3 Å². The Balaban J connectivity index is 1.77. The Bertz CT molecular complexity index is 485. The first kappa shape index (κ1) is 14.8. The van der Waals surface area contributed by atoms with Gasteiger partial charge in [-0.15, -0.1) is 11.3 Å². The van der Waals surface area contributed by atoms with Crippen molar-refractivity contribution in [2.75, 3.05) is 0 Å². The number of rotatable bonds is 7. The maximum absolute atomic E-state index is 11.8. The molecule has 20 heavy (non-hydrogen) atoms. The Hall–Kier alpha value is -1.63. The molecular formula is C13H19N3O3S. The molecule has 1 atom stereocenters. The molecule has 1 unspecified atom stereocenters. The van der Waals surface area contributed by atoms with E-state index in [4.69, 9.17) is 5.11 Å². The number of hydrogen-bond donors (Lipinski definition) is 3. The molecule has 7 heteroatoms. The number of nitrogens with zero attached hydrogens (tertiary/aromatic N) is 1. The smallest absolute Gasteiger partial charge is 0.315 e. The van der Waals surface area contributed by atoms with Crippen molar-refractivity contribution in [2.24, 2.45) is 5.92 Å². The first-order valence-corrected chi connectivity index (χ1v) is 7.60. The second kappa shape index (κ2) is 6.69. The van der Waals surface area contributed by atoms with Crippen LogP contribution in [0.25, 0.3) is 0 Å². The zero-order valence-corrected chi connectivity index (χ0v) is 12.2. The van der Waals surface area contributed by atoms with Gasteiger partial charge in [-0.2, -0.15) is 0 Å². The van der Waals surface area contributed by atoms with Gasteiger partial charge in [-0.1, -0.05) is 6.92 Å². The van der Waals surface area contributed by atoms with Crippen molar-refractivity contribution in [3.8, 4) is 0 Å². The number of carbonyl (C=O) groups is 2. The molecule has 0 radical (unpaired) electrons. The molecule has 2 rings (SSSR count). The van der Waals surface area contributed by atoms with Crippen LogP contribution in [-0.2, 0) is 17.8 Å². The van der Waals surface area contributed by atoms with Crippen molar-refractivity contribution in [1.82, 2.24) is 15.6 Å². The Morgan fingerprint density at radius 3 is 2.85 bits per heavy atom. The van der Waals surface area contributed by atoms with Gasteiger partial charge in [0.05, 0.1) is 13.0 Å². The molecule has 1 aliphatic carbocycles. The lowest BCUT2D eigenvalue weighted by Gasteiger charge is -2.16. The average Bonchev–Trinajstić information content (AvgIpc) is 3.14. The van der Waals surface area contributed by atoms with Crippen LogP contribution in [0.5, 0.6) is 0 Å². The van der Waals surface area contributed by atoms with Crippen molar-refractivity contribution in [2.45, 2.75) is 45.2 Å². The Morgan fingerprint density at radius 1 is 1.55 bits per heavy atom. The van der Waals surface area contributed by atoms with E-state index in [9.17, 15) is 9.59 Å². The summed E-state index contributed by atoms with van der Waals surface area (Å²) in [7, 11) is 0. The van der Waals surface area contributed by atoms with Gasteiger partial charge in [0, 0.05) is 17.1 Å². The molecule has 2 amide bonds. The number of aromatic nitrogens is 1. The summed E-state index contributed by atoms with van der Waals surface area (Å²) >= 11 is 1.58. The van der Waals surface area contributed by atoms with Crippen molar-refractivity contribution in [1.29, 1.82) is 0 Å². The third-order valence-corrected chi connectivity index (χ3v) is 4.39. The first-order valence-electron chi connectivity index (χ1n) is 6.78. The molecule has 1 fully saturated rings. The molecule has 0 saturated heterocycles. The quantitative estimate of drug-likeness (QED) is 0.715. The zero-order chi connectivity index (χ0) is 14.5. The third-order valence-electron chi connectivity index (χ3n) is 3.25. The standard InChI is InChI=1S/C13H19N3O3S/c1-2-9-6-14-11(20-9)7-15-13(19)16-10(5-12(17)18)8-3-4-8/h6,8,10H,2-5,7H2,1H3,(H,17,18)(H2,15,16,19). The topological polar surface area (TPSA) is 91.3 Å². The number of amides is 2. The highest BCUT2D eigenvalue weighted by Crippen LogP contribution is 2.33. The van der Waals surface area contributed by atoms with Crippen LogP contribution < -0.4 is 10.6 Å². The maximum atomic E-state index is 11.8. The number of thiazole rings is 1. The Kier molecular flexibility index (Phi) is 4.94. The summed E-state index contributed by atoms with van der Waals surface area (Å²) < 4.78 is 0. The second-order valence-electron chi connectivity index (χ2n) is 4.94. The van der Waals surface area contributed by atoms with E-state index < -0.39 is 5.97 Å². The van der Waals surface area contributed by atoms with Crippen LogP contribution in [-0.4, -0.2) is 28.1 Å². The van der Waals surface area contributed by atoms with Crippen LogP contribution in [0.3, 0.4) is 0 Å². The fraction of sp³-hybridized carbons (Fsp3) is 0.615. The van der Waals surface area contributed by atoms with Crippen molar-refractivity contribution >= 4 is 23.3 Å². The van der Waals surface area contributed by atoms with Gasteiger partial charge in [0.2, 0.25) is 0 Å². The Labute approximate surface area is 121 Å². The van der Waals surface area contributed by atoms with Crippen molar-refractivity contribution in [3.63, 3.8) is 0 Å². The molecule has 1 saturated carbocycles. The third kappa shape index (κ3) is 4.48. The molecule has 0 bridgehead atoms. The lowest BCUT2D eigenvalue weighted by atomic mass is 10.1. The molecule has 1 heterocycles. The highest BCUT2D eigenvalue weighted by molar-refractivity contribution is 7.11. The number of carboxylic acid groups (broad SMARTS) is 1. The second-order valence-corrected chi connectivity index (χ2v) is 6.14. The number of nitrogens with one attached hydrogen (secondary N) is 2. The lowest BCUT2D eigenvalue weighted by molar-refractivity contribution is -0.137. The summed E-state index contributed by atoms with van der Waals surface area (Å²) in [5.74, 6) is -0.571. The van der Waals surface area contributed by atoms with E-state index in [1.165, 1.54) is 4.88 Å². The van der Waals surface area contributed by atoms with Crippen LogP contribution in [0.4, 0.5) is 4.79 Å². The van der Waals surface area contributed by atoms with Crippen molar-refractivity contribution < 1.29 is 14.7 Å². The molecule has 3 N–H and O–H groups in total. The minimum atomic E-state index is -0.880. The SMILES string of the molecule is CCc1cnc(CNC(=O)NC(CC(=O)O)C2CC2)s1. The Morgan fingerprint density at radius 2 is 2.30 bits per heavy atom. The minimum absolute atomic E-state index is 0.0185. The predicted molar refractivity (Wildman–Crippen MR) is 75.6 cm³/mol. The van der Waals surface area contributed by atoms with Gasteiger partial charge < -0.3 is 15.7 Å². The number of aryl methyl sites for hydroxylation is 1. The van der Waals surface area contributed by atoms with Crippen molar-refractivity contribution in [3.05, 3.63) is 16.1 Å². The summed E-state index contributed by atoms with van der Waals surface area (Å²) in [4.78, 5) is 27.9. The highest BCUT2D eigenvalue weighted by atomic mass is 32.1. The van der Waals surface area contributed by atoms with Crippen LogP contribution in [0.1, 0.15) is 36.1 Å². The highest BCUT2D eigenvalue weighted by Gasteiger charge is 2.33. The molecule has 1 aromatic rings. The van der Waals surface area contributed by atoms with Gasteiger partial charge in [0.1, 0.15) is 5.01 Å². The molecule has 1 aromatic heterocycles. The molecular weight excluding hydrogens is 278 g/mol. The first-order chi connectivity index (χ1) is 9.58. The fourth-order valence-corrected chi connectivity index (χ4v) is 2.79. The van der Waals surface area contributed by atoms with Crippen LogP contribution >= 0.6 is 11.3 Å². The predicted octanol–water partition coefficient (Wildman–Crippen LogP) is 1.76. The van der Waals surface area contributed by atoms with Crippen LogP contribution in [0.15, 0.2) is 6.20 Å². The summed E-state index contributed by atoms with van der Waals surface area (Å²) in [5, 5.41) is 15.2. The average molecular weight is 297 g/mol. The van der Waals surface area contributed by atoms with Gasteiger partial charge in [0.25, 0.3) is 0 Å². The number of carboxylic acids is 1. The van der Waals surface area contributed by atoms with Gasteiger partial charge >= 0.3 is 12.0 Å². The summed E-state index contributed by atoms with van der Waals surface area (Å²) in [5.41, 5.74) is 0. The molecule has 6 nitrogen and oxygen atoms in total. The molecule has 0 spiro atoms. The summed E-state index contributed by atoms with van der Waals surface area (Å²) in [6, 6.07) is -0.591. The van der Waals surface area contributed by atoms with Crippen LogP contribution in [0.2, 0.25) is 0 Å². The monoisotopic (exact) mass is 297 g/mol. The van der Waals surface area contributed by atoms with E-state index in [1.807, 2.05) is 6.20 Å². The normalized spacial score (nSPS) is 15.7. The largest absolute Gasteiger partial charge is 0.481 e. The van der Waals surface area contributed by atoms with Gasteiger partial charge in [0.15, 0.2) is 0 Å². The molecule has 110 valence electrons. The van der Waals surface area contributed by atoms with Crippen LogP contribution in [0, 0.1) is 5.92 Å². The van der Waals surface area contributed by atoms with E-state index in [-0.39, 0.29) is 18.5 Å². The number of urea groups is 1. The van der Waals surface area contributed by atoms with Gasteiger partial charge in [-0.25, -0.2) is 9.78 Å². The minimum Gasteiger partial charge on any atom is -0.481 e. The fourth-order valence-electron chi connectivity index (χ4n) is 1.99. The number of hydrogen-bond acceptors (Lipinski definition) is 4. The number of aliphatic carboxylic acids is 1. The molecule has 0 aromatic carbocycles. The van der Waals surface area contributed by atoms with Gasteiger partial charge in [-0.3, -0.25) is 4.79 Å². The maximum Gasteiger partial charge on any atom is 0.315 e. The van der Waals surface area contributed by atoms with E-state index in [2.05, 4.69) is 22.5 Å². The molecule has 1 aliphatic rings. The van der Waals surface area contributed by atoms with E-state index in [0.29, 0.717) is 12.5 Å².